The van der Waals surface area contributed by atoms with E-state index in [-0.39, 0.29) is 0 Å². The number of nitrogens with zero attached hydrogens (tertiary/aromatic N) is 2. The Kier molecular flexibility index (Phi) is 7.75. The summed E-state index contributed by atoms with van der Waals surface area (Å²) in [6, 6.07) is 68.5. The first-order valence-electron chi connectivity index (χ1n) is 19.5. The first-order valence-corrected chi connectivity index (χ1v) is 19.5. The van der Waals surface area contributed by atoms with Gasteiger partial charge in [0.25, 0.3) is 0 Å². The maximum absolute atomic E-state index is 4.92. The van der Waals surface area contributed by atoms with Gasteiger partial charge in [-0.1, -0.05) is 170 Å². The summed E-state index contributed by atoms with van der Waals surface area (Å²) in [7, 11) is 0. The molecule has 57 heavy (non-hydrogen) atoms. The zero-order chi connectivity index (χ0) is 37.9. The number of aromatic nitrogens is 2. The van der Waals surface area contributed by atoms with Crippen molar-refractivity contribution < 1.29 is 0 Å². The maximum atomic E-state index is 4.92. The SMILES string of the molecule is Cc1cccc2ccc3cccc(-c4cccc5ccc6cc(-c7ccc(-c8ccc9cc(-c%10cncc(-c%11ccccc%11)n%10)ccc9c8)cc7)ccc6c45)c3c12. The summed E-state index contributed by atoms with van der Waals surface area (Å²) in [5.74, 6) is 0. The van der Waals surface area contributed by atoms with E-state index < -0.39 is 0 Å². The third-order valence-electron chi connectivity index (χ3n) is 11.6. The van der Waals surface area contributed by atoms with Crippen molar-refractivity contribution in [3.8, 4) is 55.9 Å². The van der Waals surface area contributed by atoms with Crippen molar-refractivity contribution in [2.24, 2.45) is 0 Å². The van der Waals surface area contributed by atoms with Gasteiger partial charge in [-0.25, -0.2) is 4.98 Å². The molecule has 0 saturated carbocycles. The number of fused-ring (bicyclic) bond motifs is 7. The van der Waals surface area contributed by atoms with Crippen molar-refractivity contribution in [1.29, 1.82) is 0 Å². The Morgan fingerprint density at radius 1 is 0.316 bits per heavy atom. The minimum absolute atomic E-state index is 0.869. The van der Waals surface area contributed by atoms with Crippen molar-refractivity contribution >= 4 is 53.9 Å². The highest BCUT2D eigenvalue weighted by Crippen LogP contribution is 2.42. The van der Waals surface area contributed by atoms with Gasteiger partial charge in [-0.05, 0) is 118 Å². The predicted octanol–water partition coefficient (Wildman–Crippen LogP) is 14.9. The summed E-state index contributed by atoms with van der Waals surface area (Å²) in [6.45, 7) is 2.23. The third kappa shape index (κ3) is 5.73. The molecule has 1 aromatic heterocycles. The molecule has 0 aliphatic carbocycles. The normalized spacial score (nSPS) is 11.6. The minimum Gasteiger partial charge on any atom is -0.260 e. The first kappa shape index (κ1) is 33.0. The summed E-state index contributed by atoms with van der Waals surface area (Å²) in [5.41, 5.74) is 12.5. The van der Waals surface area contributed by atoms with Crippen LogP contribution in [0.15, 0.2) is 200 Å². The molecule has 0 spiro atoms. The molecule has 2 heteroatoms. The van der Waals surface area contributed by atoms with Gasteiger partial charge in [0.2, 0.25) is 0 Å². The molecule has 0 aliphatic rings. The highest BCUT2D eigenvalue weighted by atomic mass is 14.8. The van der Waals surface area contributed by atoms with Crippen LogP contribution in [0.5, 0.6) is 0 Å². The molecule has 1 heterocycles. The lowest BCUT2D eigenvalue weighted by atomic mass is 9.88. The lowest BCUT2D eigenvalue weighted by molar-refractivity contribution is 1.21. The lowest BCUT2D eigenvalue weighted by Gasteiger charge is -2.16. The molecule has 2 nitrogen and oxygen atoms in total. The summed E-state index contributed by atoms with van der Waals surface area (Å²) in [5, 5.41) is 12.6. The standard InChI is InChI=1S/C55H36N2/c1-35-8-5-11-39-20-21-41-13-7-15-50(55(41)53(35)39)49-14-6-12-40-22-26-46-31-43(28-29-48(46)54(40)49)37-18-16-36(17-19-37)42-23-24-45-32-47(27-25-44(45)30-42)52-34-56-33-51(57-52)38-9-3-2-4-10-38/h2-34H,1H3. The average Bonchev–Trinajstić information content (AvgIpc) is 3.28. The van der Waals surface area contributed by atoms with Crippen LogP contribution >= 0.6 is 0 Å². The fourth-order valence-corrected chi connectivity index (χ4v) is 8.78. The minimum atomic E-state index is 0.869. The quantitative estimate of drug-likeness (QED) is 0.165. The largest absolute Gasteiger partial charge is 0.260 e. The lowest BCUT2D eigenvalue weighted by Crippen LogP contribution is -1.90. The van der Waals surface area contributed by atoms with Gasteiger partial charge in [0.05, 0.1) is 23.8 Å². The highest BCUT2D eigenvalue weighted by Gasteiger charge is 2.15. The third-order valence-corrected chi connectivity index (χ3v) is 11.6. The zero-order valence-electron chi connectivity index (χ0n) is 31.4. The molecule has 11 rings (SSSR count). The van der Waals surface area contributed by atoms with Gasteiger partial charge in [0.1, 0.15) is 0 Å². The molecule has 0 N–H and O–H groups in total. The maximum Gasteiger partial charge on any atom is 0.0892 e. The van der Waals surface area contributed by atoms with E-state index in [0.717, 1.165) is 22.5 Å². The van der Waals surface area contributed by atoms with Crippen LogP contribution in [-0.2, 0) is 0 Å². The van der Waals surface area contributed by atoms with Gasteiger partial charge in [-0.2, -0.15) is 0 Å². The van der Waals surface area contributed by atoms with Crippen LogP contribution in [0.1, 0.15) is 5.56 Å². The molecule has 0 fully saturated rings. The van der Waals surface area contributed by atoms with Crippen molar-refractivity contribution in [3.05, 3.63) is 206 Å². The highest BCUT2D eigenvalue weighted by molar-refractivity contribution is 6.21. The van der Waals surface area contributed by atoms with Crippen LogP contribution < -0.4 is 0 Å². The van der Waals surface area contributed by atoms with Crippen molar-refractivity contribution in [3.63, 3.8) is 0 Å². The van der Waals surface area contributed by atoms with Crippen LogP contribution in [0.3, 0.4) is 0 Å². The van der Waals surface area contributed by atoms with E-state index in [9.17, 15) is 0 Å². The smallest absolute Gasteiger partial charge is 0.0892 e. The number of benzene rings is 10. The number of aryl methyl sites for hydroxylation is 1. The van der Waals surface area contributed by atoms with Gasteiger partial charge in [-0.15, -0.1) is 0 Å². The molecule has 0 amide bonds. The van der Waals surface area contributed by atoms with Crippen LogP contribution in [0.25, 0.3) is 110 Å². The van der Waals surface area contributed by atoms with Crippen LogP contribution in [0.2, 0.25) is 0 Å². The predicted molar refractivity (Wildman–Crippen MR) is 241 cm³/mol. The number of hydrogen-bond donors (Lipinski definition) is 0. The molecular weight excluding hydrogens is 689 g/mol. The fraction of sp³-hybridized carbons (Fsp3) is 0.0182. The number of rotatable bonds is 5. The van der Waals surface area contributed by atoms with Gasteiger partial charge in [0.15, 0.2) is 0 Å². The van der Waals surface area contributed by atoms with E-state index in [1.54, 1.807) is 0 Å². The average molecular weight is 725 g/mol. The molecule has 0 saturated heterocycles. The van der Waals surface area contributed by atoms with E-state index in [1.807, 2.05) is 30.6 Å². The second-order valence-corrected chi connectivity index (χ2v) is 15.1. The molecule has 0 aliphatic heterocycles. The second kappa shape index (κ2) is 13.4. The Morgan fingerprint density at radius 3 is 1.51 bits per heavy atom. The molecule has 11 aromatic rings. The second-order valence-electron chi connectivity index (χ2n) is 15.1. The van der Waals surface area contributed by atoms with Crippen LogP contribution in [0, 0.1) is 6.92 Å². The summed E-state index contributed by atoms with van der Waals surface area (Å²) >= 11 is 0. The zero-order valence-corrected chi connectivity index (χ0v) is 31.4. The molecule has 0 bridgehead atoms. The van der Waals surface area contributed by atoms with Crippen molar-refractivity contribution in [1.82, 2.24) is 9.97 Å². The van der Waals surface area contributed by atoms with Crippen molar-refractivity contribution in [2.75, 3.05) is 0 Å². The summed E-state index contributed by atoms with van der Waals surface area (Å²) < 4.78 is 0. The molecule has 0 unspecified atom stereocenters. The Hall–Kier alpha value is -7.42. The van der Waals surface area contributed by atoms with E-state index in [2.05, 4.69) is 182 Å². The molecule has 266 valence electrons. The Morgan fingerprint density at radius 2 is 0.807 bits per heavy atom. The topological polar surface area (TPSA) is 25.8 Å². The van der Waals surface area contributed by atoms with Crippen LogP contribution in [-0.4, -0.2) is 9.97 Å². The summed E-state index contributed by atoms with van der Waals surface area (Å²) in [4.78, 5) is 9.42. The van der Waals surface area contributed by atoms with E-state index in [0.29, 0.717) is 0 Å². The monoisotopic (exact) mass is 724 g/mol. The van der Waals surface area contributed by atoms with Gasteiger partial charge in [-0.3, -0.25) is 4.98 Å². The van der Waals surface area contributed by atoms with Crippen LogP contribution in [0.4, 0.5) is 0 Å². The molecular formula is C55H36N2. The fourth-order valence-electron chi connectivity index (χ4n) is 8.78. The Bertz CT molecular complexity index is 3340. The van der Waals surface area contributed by atoms with E-state index >= 15 is 0 Å². The van der Waals surface area contributed by atoms with Gasteiger partial charge < -0.3 is 0 Å². The Balaban J connectivity index is 0.921. The van der Waals surface area contributed by atoms with Gasteiger partial charge >= 0.3 is 0 Å². The molecule has 10 aromatic carbocycles. The van der Waals surface area contributed by atoms with E-state index in [1.165, 1.54) is 92.8 Å². The van der Waals surface area contributed by atoms with Crippen molar-refractivity contribution in [2.45, 2.75) is 6.92 Å². The Labute approximate surface area is 331 Å². The number of hydrogen-bond acceptors (Lipinski definition) is 2. The van der Waals surface area contributed by atoms with Gasteiger partial charge in [0, 0.05) is 11.1 Å². The molecule has 0 atom stereocenters. The van der Waals surface area contributed by atoms with E-state index in [4.69, 9.17) is 4.98 Å². The summed E-state index contributed by atoms with van der Waals surface area (Å²) in [6.07, 6.45) is 3.66. The first-order chi connectivity index (χ1) is 28.1. The molecule has 0 radical (unpaired) electrons.